The SMILES string of the molecule is COc1ccc(S(=O)(=O)N2CC[C@@H](N)C2)cc1OC.Cl. The number of hydrogen-bond acceptors (Lipinski definition) is 5. The van der Waals surface area contributed by atoms with Crippen LogP contribution < -0.4 is 15.2 Å². The zero-order valence-electron chi connectivity index (χ0n) is 11.4. The van der Waals surface area contributed by atoms with Crippen LogP contribution in [0.1, 0.15) is 6.42 Å². The predicted octanol–water partition coefficient (Wildman–Crippen LogP) is 0.847. The van der Waals surface area contributed by atoms with E-state index in [9.17, 15) is 8.42 Å². The summed E-state index contributed by atoms with van der Waals surface area (Å²) in [5.41, 5.74) is 5.75. The zero-order chi connectivity index (χ0) is 14.0. The Labute approximate surface area is 125 Å². The molecule has 0 amide bonds. The summed E-state index contributed by atoms with van der Waals surface area (Å²) < 4.78 is 36.5. The second kappa shape index (κ2) is 6.62. The number of sulfonamides is 1. The highest BCUT2D eigenvalue weighted by molar-refractivity contribution is 7.89. The number of methoxy groups -OCH3 is 2. The van der Waals surface area contributed by atoms with Gasteiger partial charge in [-0.2, -0.15) is 4.31 Å². The van der Waals surface area contributed by atoms with Crippen LogP contribution in [0.5, 0.6) is 11.5 Å². The van der Waals surface area contributed by atoms with Crippen molar-refractivity contribution in [2.75, 3.05) is 27.3 Å². The van der Waals surface area contributed by atoms with Crippen LogP contribution in [-0.4, -0.2) is 46.1 Å². The van der Waals surface area contributed by atoms with Crippen molar-refractivity contribution in [2.45, 2.75) is 17.4 Å². The van der Waals surface area contributed by atoms with Crippen LogP contribution >= 0.6 is 12.4 Å². The number of benzene rings is 1. The molecule has 2 N–H and O–H groups in total. The fourth-order valence-electron chi connectivity index (χ4n) is 2.10. The molecule has 0 radical (unpaired) electrons. The van der Waals surface area contributed by atoms with E-state index in [0.29, 0.717) is 31.0 Å². The first kappa shape index (κ1) is 17.0. The van der Waals surface area contributed by atoms with Crippen molar-refractivity contribution >= 4 is 22.4 Å². The standard InChI is InChI=1S/C12H18N2O4S.ClH/c1-17-11-4-3-10(7-12(11)18-2)19(15,16)14-6-5-9(13)8-14;/h3-4,7,9H,5-6,8,13H2,1-2H3;1H/t9-;/m1./s1. The Kier molecular flexibility index (Phi) is 5.64. The topological polar surface area (TPSA) is 81.9 Å². The molecule has 0 spiro atoms. The van der Waals surface area contributed by atoms with E-state index in [2.05, 4.69) is 0 Å². The molecule has 114 valence electrons. The van der Waals surface area contributed by atoms with E-state index in [-0.39, 0.29) is 23.3 Å². The molecule has 0 bridgehead atoms. The molecule has 0 aromatic heterocycles. The van der Waals surface area contributed by atoms with Crippen LogP contribution in [0.15, 0.2) is 23.1 Å². The summed E-state index contributed by atoms with van der Waals surface area (Å²) in [7, 11) is -0.534. The summed E-state index contributed by atoms with van der Waals surface area (Å²) in [5, 5.41) is 0. The predicted molar refractivity (Wildman–Crippen MR) is 78.1 cm³/mol. The van der Waals surface area contributed by atoms with Crippen molar-refractivity contribution in [3.63, 3.8) is 0 Å². The van der Waals surface area contributed by atoms with Gasteiger partial charge in [-0.15, -0.1) is 12.4 Å². The number of rotatable bonds is 4. The highest BCUT2D eigenvalue weighted by Gasteiger charge is 2.31. The summed E-state index contributed by atoms with van der Waals surface area (Å²) in [6, 6.07) is 4.48. The average molecular weight is 323 g/mol. The molecule has 2 rings (SSSR count). The second-order valence-electron chi connectivity index (χ2n) is 4.43. The first-order valence-corrected chi connectivity index (χ1v) is 7.41. The fraction of sp³-hybridized carbons (Fsp3) is 0.500. The molecule has 0 aliphatic carbocycles. The fourth-order valence-corrected chi connectivity index (χ4v) is 3.63. The van der Waals surface area contributed by atoms with Crippen molar-refractivity contribution in [2.24, 2.45) is 5.73 Å². The zero-order valence-corrected chi connectivity index (χ0v) is 13.0. The van der Waals surface area contributed by atoms with Gasteiger partial charge in [0.05, 0.1) is 19.1 Å². The average Bonchev–Trinajstić information content (AvgIpc) is 2.85. The molecule has 0 saturated carbocycles. The van der Waals surface area contributed by atoms with Gasteiger partial charge in [-0.3, -0.25) is 0 Å². The maximum atomic E-state index is 12.4. The molecule has 1 heterocycles. The molecule has 0 unspecified atom stereocenters. The number of nitrogens with zero attached hydrogens (tertiary/aromatic N) is 1. The van der Waals surface area contributed by atoms with E-state index in [1.807, 2.05) is 0 Å². The van der Waals surface area contributed by atoms with Crippen molar-refractivity contribution in [1.29, 1.82) is 0 Å². The Morgan fingerprint density at radius 1 is 1.25 bits per heavy atom. The van der Waals surface area contributed by atoms with E-state index >= 15 is 0 Å². The quantitative estimate of drug-likeness (QED) is 0.888. The molecule has 1 aliphatic heterocycles. The maximum absolute atomic E-state index is 12.4. The number of halogens is 1. The number of ether oxygens (including phenoxy) is 2. The molecule has 1 aliphatic rings. The van der Waals surface area contributed by atoms with Gasteiger partial charge in [0, 0.05) is 25.2 Å². The Balaban J connectivity index is 0.00000200. The van der Waals surface area contributed by atoms with Crippen molar-refractivity contribution in [3.8, 4) is 11.5 Å². The Morgan fingerprint density at radius 3 is 2.40 bits per heavy atom. The van der Waals surface area contributed by atoms with Gasteiger partial charge in [0.1, 0.15) is 0 Å². The summed E-state index contributed by atoms with van der Waals surface area (Å²) in [4.78, 5) is 0.194. The van der Waals surface area contributed by atoms with E-state index in [1.54, 1.807) is 6.07 Å². The van der Waals surface area contributed by atoms with Gasteiger partial charge in [0.2, 0.25) is 10.0 Å². The van der Waals surface area contributed by atoms with Crippen LogP contribution in [0.2, 0.25) is 0 Å². The molecular formula is C12H19ClN2O4S. The minimum atomic E-state index is -3.51. The van der Waals surface area contributed by atoms with Gasteiger partial charge in [-0.25, -0.2) is 8.42 Å². The lowest BCUT2D eigenvalue weighted by molar-refractivity contribution is 0.353. The summed E-state index contributed by atoms with van der Waals surface area (Å²) >= 11 is 0. The third-order valence-corrected chi connectivity index (χ3v) is 5.04. The summed E-state index contributed by atoms with van der Waals surface area (Å²) in [6.07, 6.45) is 0.687. The third kappa shape index (κ3) is 3.17. The van der Waals surface area contributed by atoms with E-state index < -0.39 is 10.0 Å². The highest BCUT2D eigenvalue weighted by Crippen LogP contribution is 2.31. The van der Waals surface area contributed by atoms with Gasteiger partial charge in [0.25, 0.3) is 0 Å². The molecule has 1 fully saturated rings. The smallest absolute Gasteiger partial charge is 0.243 e. The summed E-state index contributed by atoms with van der Waals surface area (Å²) in [6.45, 7) is 0.814. The molecule has 8 heteroatoms. The molecule has 1 aromatic rings. The lowest BCUT2D eigenvalue weighted by Gasteiger charge is -2.17. The molecule has 20 heavy (non-hydrogen) atoms. The number of nitrogens with two attached hydrogens (primary N) is 1. The Hall–Kier alpha value is -1.02. The van der Waals surface area contributed by atoms with Crippen molar-refractivity contribution in [1.82, 2.24) is 4.31 Å². The summed E-state index contributed by atoms with van der Waals surface area (Å²) in [5.74, 6) is 0.895. The van der Waals surface area contributed by atoms with Gasteiger partial charge in [-0.05, 0) is 18.6 Å². The second-order valence-corrected chi connectivity index (χ2v) is 6.37. The lowest BCUT2D eigenvalue weighted by atomic mass is 10.3. The number of hydrogen-bond donors (Lipinski definition) is 1. The molecule has 6 nitrogen and oxygen atoms in total. The van der Waals surface area contributed by atoms with E-state index in [1.165, 1.54) is 30.7 Å². The van der Waals surface area contributed by atoms with Gasteiger partial charge < -0.3 is 15.2 Å². The minimum Gasteiger partial charge on any atom is -0.493 e. The minimum absolute atomic E-state index is 0. The van der Waals surface area contributed by atoms with Crippen LogP contribution in [-0.2, 0) is 10.0 Å². The largest absolute Gasteiger partial charge is 0.493 e. The normalized spacial score (nSPS) is 19.4. The maximum Gasteiger partial charge on any atom is 0.243 e. The Morgan fingerprint density at radius 2 is 1.90 bits per heavy atom. The van der Waals surface area contributed by atoms with Gasteiger partial charge in [-0.1, -0.05) is 0 Å². The Bertz CT molecular complexity index is 565. The highest BCUT2D eigenvalue weighted by atomic mass is 35.5. The van der Waals surface area contributed by atoms with Crippen molar-refractivity contribution in [3.05, 3.63) is 18.2 Å². The molecular weight excluding hydrogens is 304 g/mol. The van der Waals surface area contributed by atoms with Crippen LogP contribution in [0.25, 0.3) is 0 Å². The molecule has 1 saturated heterocycles. The first-order valence-electron chi connectivity index (χ1n) is 5.97. The third-order valence-electron chi connectivity index (χ3n) is 3.18. The van der Waals surface area contributed by atoms with E-state index in [0.717, 1.165) is 0 Å². The van der Waals surface area contributed by atoms with Gasteiger partial charge in [0.15, 0.2) is 11.5 Å². The van der Waals surface area contributed by atoms with Crippen molar-refractivity contribution < 1.29 is 17.9 Å². The van der Waals surface area contributed by atoms with Crippen LogP contribution in [0, 0.1) is 0 Å². The van der Waals surface area contributed by atoms with Crippen LogP contribution in [0.4, 0.5) is 0 Å². The first-order chi connectivity index (χ1) is 8.98. The van der Waals surface area contributed by atoms with E-state index in [4.69, 9.17) is 15.2 Å². The monoisotopic (exact) mass is 322 g/mol. The van der Waals surface area contributed by atoms with Gasteiger partial charge >= 0.3 is 0 Å². The molecule has 1 aromatic carbocycles. The lowest BCUT2D eigenvalue weighted by Crippen LogP contribution is -2.31. The van der Waals surface area contributed by atoms with Crippen LogP contribution in [0.3, 0.4) is 0 Å². The molecule has 1 atom stereocenters.